The Bertz CT molecular complexity index is 101. The van der Waals surface area contributed by atoms with Gasteiger partial charge in [-0.1, -0.05) is 13.8 Å². The van der Waals surface area contributed by atoms with Gasteiger partial charge in [0.05, 0.1) is 6.17 Å². The molecule has 2 nitrogen and oxygen atoms in total. The Morgan fingerprint density at radius 2 is 2.30 bits per heavy atom. The minimum atomic E-state index is 0.349. The Balaban J connectivity index is 2.26. The third kappa shape index (κ3) is 1.96. The summed E-state index contributed by atoms with van der Waals surface area (Å²) in [6.45, 7) is 6.86. The van der Waals surface area contributed by atoms with Crippen molar-refractivity contribution >= 4 is 0 Å². The molecule has 1 atom stereocenters. The van der Waals surface area contributed by atoms with Crippen LogP contribution in [0.1, 0.15) is 26.7 Å². The van der Waals surface area contributed by atoms with E-state index in [1.54, 1.807) is 0 Å². The van der Waals surface area contributed by atoms with Crippen LogP contribution in [-0.4, -0.2) is 24.2 Å². The van der Waals surface area contributed by atoms with E-state index in [-0.39, 0.29) is 0 Å². The molecular formula is C8H18N2. The number of hydrogen-bond acceptors (Lipinski definition) is 2. The number of nitrogens with zero attached hydrogens (tertiary/aromatic N) is 1. The number of likely N-dealkylation sites (tertiary alicyclic amines) is 1. The van der Waals surface area contributed by atoms with Gasteiger partial charge in [-0.2, -0.15) is 0 Å². The summed E-state index contributed by atoms with van der Waals surface area (Å²) in [5.74, 6) is 0.754. The van der Waals surface area contributed by atoms with Crippen LogP contribution in [0, 0.1) is 5.92 Å². The Morgan fingerprint density at radius 1 is 1.60 bits per heavy atom. The summed E-state index contributed by atoms with van der Waals surface area (Å²) in [6, 6.07) is 0. The van der Waals surface area contributed by atoms with E-state index >= 15 is 0 Å². The summed E-state index contributed by atoms with van der Waals surface area (Å²) >= 11 is 0. The van der Waals surface area contributed by atoms with Gasteiger partial charge in [0.1, 0.15) is 0 Å². The first-order valence-electron chi connectivity index (χ1n) is 4.20. The number of nitrogens with two attached hydrogens (primary N) is 1. The van der Waals surface area contributed by atoms with Crippen LogP contribution in [-0.2, 0) is 0 Å². The molecule has 1 aliphatic rings. The SMILES string of the molecule is CC(C)CN1CCC[C@H]1N. The highest BCUT2D eigenvalue weighted by Gasteiger charge is 2.20. The van der Waals surface area contributed by atoms with Crippen LogP contribution in [0.25, 0.3) is 0 Å². The van der Waals surface area contributed by atoms with Crippen LogP contribution in [0.5, 0.6) is 0 Å². The molecule has 1 heterocycles. The van der Waals surface area contributed by atoms with Crippen molar-refractivity contribution in [2.75, 3.05) is 13.1 Å². The molecule has 0 aliphatic carbocycles. The molecule has 0 radical (unpaired) electrons. The third-order valence-electron chi connectivity index (χ3n) is 2.01. The van der Waals surface area contributed by atoms with Gasteiger partial charge in [-0.3, -0.25) is 4.90 Å². The zero-order valence-electron chi connectivity index (χ0n) is 7.01. The van der Waals surface area contributed by atoms with Gasteiger partial charge in [0.15, 0.2) is 0 Å². The first-order valence-corrected chi connectivity index (χ1v) is 4.20. The zero-order valence-corrected chi connectivity index (χ0v) is 7.01. The maximum atomic E-state index is 5.85. The van der Waals surface area contributed by atoms with Gasteiger partial charge >= 0.3 is 0 Å². The summed E-state index contributed by atoms with van der Waals surface area (Å²) in [4.78, 5) is 2.38. The lowest BCUT2D eigenvalue weighted by atomic mass is 10.2. The van der Waals surface area contributed by atoms with Crippen LogP contribution in [0.2, 0.25) is 0 Å². The fraction of sp³-hybridized carbons (Fsp3) is 1.00. The predicted octanol–water partition coefficient (Wildman–Crippen LogP) is 1.02. The molecule has 0 saturated carbocycles. The van der Waals surface area contributed by atoms with E-state index in [9.17, 15) is 0 Å². The molecule has 0 aromatic rings. The average Bonchev–Trinajstić information content (AvgIpc) is 2.15. The van der Waals surface area contributed by atoms with Crippen molar-refractivity contribution in [3.05, 3.63) is 0 Å². The molecule has 0 spiro atoms. The molecule has 0 bridgehead atoms. The highest BCUT2D eigenvalue weighted by atomic mass is 15.2. The molecular weight excluding hydrogens is 124 g/mol. The minimum absolute atomic E-state index is 0.349. The molecule has 1 rings (SSSR count). The van der Waals surface area contributed by atoms with E-state index in [0.717, 1.165) is 5.92 Å². The first kappa shape index (κ1) is 8.02. The van der Waals surface area contributed by atoms with Crippen molar-refractivity contribution in [1.29, 1.82) is 0 Å². The van der Waals surface area contributed by atoms with Gasteiger partial charge in [0, 0.05) is 6.54 Å². The topological polar surface area (TPSA) is 29.3 Å². The van der Waals surface area contributed by atoms with E-state index in [1.165, 1.54) is 25.9 Å². The monoisotopic (exact) mass is 142 g/mol. The van der Waals surface area contributed by atoms with Crippen LogP contribution >= 0.6 is 0 Å². The molecule has 0 unspecified atom stereocenters. The Morgan fingerprint density at radius 3 is 2.70 bits per heavy atom. The molecule has 10 heavy (non-hydrogen) atoms. The largest absolute Gasteiger partial charge is 0.316 e. The molecule has 2 heteroatoms. The highest BCUT2D eigenvalue weighted by Crippen LogP contribution is 2.13. The fourth-order valence-corrected chi connectivity index (χ4v) is 1.55. The van der Waals surface area contributed by atoms with E-state index in [2.05, 4.69) is 18.7 Å². The van der Waals surface area contributed by atoms with Crippen molar-refractivity contribution in [3.63, 3.8) is 0 Å². The van der Waals surface area contributed by atoms with Crippen LogP contribution < -0.4 is 5.73 Å². The molecule has 1 saturated heterocycles. The van der Waals surface area contributed by atoms with Crippen molar-refractivity contribution < 1.29 is 0 Å². The number of hydrogen-bond donors (Lipinski definition) is 1. The lowest BCUT2D eigenvalue weighted by Crippen LogP contribution is -2.38. The summed E-state index contributed by atoms with van der Waals surface area (Å²) < 4.78 is 0. The molecule has 2 N–H and O–H groups in total. The van der Waals surface area contributed by atoms with Crippen molar-refractivity contribution in [3.8, 4) is 0 Å². The van der Waals surface area contributed by atoms with E-state index < -0.39 is 0 Å². The zero-order chi connectivity index (χ0) is 7.56. The van der Waals surface area contributed by atoms with Gasteiger partial charge in [0.2, 0.25) is 0 Å². The fourth-order valence-electron chi connectivity index (χ4n) is 1.55. The maximum absolute atomic E-state index is 5.85. The normalized spacial score (nSPS) is 28.2. The Hall–Kier alpha value is -0.0800. The van der Waals surface area contributed by atoms with Crippen molar-refractivity contribution in [2.45, 2.75) is 32.9 Å². The molecule has 0 amide bonds. The molecule has 60 valence electrons. The predicted molar refractivity (Wildman–Crippen MR) is 43.6 cm³/mol. The second-order valence-corrected chi connectivity index (χ2v) is 3.60. The Labute approximate surface area is 63.4 Å². The lowest BCUT2D eigenvalue weighted by molar-refractivity contribution is 0.231. The first-order chi connectivity index (χ1) is 4.70. The second-order valence-electron chi connectivity index (χ2n) is 3.60. The quantitative estimate of drug-likeness (QED) is 0.624. The summed E-state index contributed by atoms with van der Waals surface area (Å²) in [6.07, 6.45) is 2.82. The van der Waals surface area contributed by atoms with Gasteiger partial charge in [-0.15, -0.1) is 0 Å². The van der Waals surface area contributed by atoms with Gasteiger partial charge in [0.25, 0.3) is 0 Å². The molecule has 0 aromatic carbocycles. The van der Waals surface area contributed by atoms with Crippen LogP contribution in [0.15, 0.2) is 0 Å². The summed E-state index contributed by atoms with van der Waals surface area (Å²) in [7, 11) is 0. The average molecular weight is 142 g/mol. The maximum Gasteiger partial charge on any atom is 0.0572 e. The van der Waals surface area contributed by atoms with Gasteiger partial charge < -0.3 is 5.73 Å². The minimum Gasteiger partial charge on any atom is -0.316 e. The summed E-state index contributed by atoms with van der Waals surface area (Å²) in [5.41, 5.74) is 5.85. The molecule has 1 aliphatic heterocycles. The molecule has 1 fully saturated rings. The smallest absolute Gasteiger partial charge is 0.0572 e. The van der Waals surface area contributed by atoms with E-state index in [1.807, 2.05) is 0 Å². The highest BCUT2D eigenvalue weighted by molar-refractivity contribution is 4.74. The third-order valence-corrected chi connectivity index (χ3v) is 2.01. The van der Waals surface area contributed by atoms with Gasteiger partial charge in [-0.05, 0) is 25.3 Å². The summed E-state index contributed by atoms with van der Waals surface area (Å²) in [5, 5.41) is 0. The lowest BCUT2D eigenvalue weighted by Gasteiger charge is -2.22. The van der Waals surface area contributed by atoms with Crippen molar-refractivity contribution in [2.24, 2.45) is 11.7 Å². The Kier molecular flexibility index (Phi) is 2.69. The van der Waals surface area contributed by atoms with E-state index in [4.69, 9.17) is 5.73 Å². The van der Waals surface area contributed by atoms with Crippen LogP contribution in [0.4, 0.5) is 0 Å². The van der Waals surface area contributed by atoms with E-state index in [0.29, 0.717) is 6.17 Å². The van der Waals surface area contributed by atoms with Crippen molar-refractivity contribution in [1.82, 2.24) is 4.90 Å². The standard InChI is InChI=1S/C8H18N2/c1-7(2)6-10-5-3-4-8(10)9/h7-8H,3-6,9H2,1-2H3/t8-/m0/s1. The second kappa shape index (κ2) is 3.35. The van der Waals surface area contributed by atoms with Gasteiger partial charge in [-0.25, -0.2) is 0 Å². The number of rotatable bonds is 2. The van der Waals surface area contributed by atoms with Crippen LogP contribution in [0.3, 0.4) is 0 Å². The molecule has 0 aromatic heterocycles.